The fourth-order valence-corrected chi connectivity index (χ4v) is 5.23. The standard InChI is InChI=1S/C19H14Cl2N2OS2/c1-9(11-3-5-13-15(7-11)25-18(20)22-13)17(24)10(2)12-4-6-14-16(8-12)26-19(21)23-14/h3-10H,1-2H3. The van der Waals surface area contributed by atoms with Crippen LogP contribution < -0.4 is 0 Å². The molecule has 4 aromatic rings. The third-order valence-corrected chi connectivity index (χ3v) is 6.87. The van der Waals surface area contributed by atoms with E-state index in [1.54, 1.807) is 0 Å². The first-order valence-corrected chi connectivity index (χ1v) is 10.5. The number of carbonyl (C=O) groups is 1. The first-order chi connectivity index (χ1) is 12.4. The van der Waals surface area contributed by atoms with Crippen LogP contribution in [0, 0.1) is 0 Å². The number of rotatable bonds is 4. The number of hydrogen-bond donors (Lipinski definition) is 0. The number of ketones is 1. The van der Waals surface area contributed by atoms with Gasteiger partial charge < -0.3 is 0 Å². The van der Waals surface area contributed by atoms with E-state index in [1.165, 1.54) is 22.7 Å². The van der Waals surface area contributed by atoms with Crippen molar-refractivity contribution >= 4 is 72.1 Å². The van der Waals surface area contributed by atoms with E-state index in [4.69, 9.17) is 23.2 Å². The minimum Gasteiger partial charge on any atom is -0.298 e. The van der Waals surface area contributed by atoms with E-state index in [2.05, 4.69) is 9.97 Å². The van der Waals surface area contributed by atoms with Gasteiger partial charge in [0.1, 0.15) is 5.78 Å². The summed E-state index contributed by atoms with van der Waals surface area (Å²) >= 11 is 14.8. The summed E-state index contributed by atoms with van der Waals surface area (Å²) < 4.78 is 3.03. The van der Waals surface area contributed by atoms with Crippen molar-refractivity contribution in [3.05, 3.63) is 56.5 Å². The van der Waals surface area contributed by atoms with Crippen LogP contribution in [0.4, 0.5) is 0 Å². The van der Waals surface area contributed by atoms with E-state index in [-0.39, 0.29) is 17.6 Å². The average molecular weight is 421 g/mol. The predicted molar refractivity (Wildman–Crippen MR) is 111 cm³/mol. The lowest BCUT2D eigenvalue weighted by Crippen LogP contribution is -2.16. The van der Waals surface area contributed by atoms with Gasteiger partial charge in [-0.1, -0.05) is 49.2 Å². The monoisotopic (exact) mass is 420 g/mol. The molecule has 0 radical (unpaired) electrons. The molecule has 0 saturated heterocycles. The number of benzene rings is 2. The topological polar surface area (TPSA) is 42.9 Å². The lowest BCUT2D eigenvalue weighted by molar-refractivity contribution is -0.121. The van der Waals surface area contributed by atoms with E-state index in [0.717, 1.165) is 31.6 Å². The van der Waals surface area contributed by atoms with Crippen LogP contribution in [0.1, 0.15) is 36.8 Å². The molecule has 2 heterocycles. The third kappa shape index (κ3) is 3.25. The first kappa shape index (κ1) is 17.9. The summed E-state index contributed by atoms with van der Waals surface area (Å²) in [4.78, 5) is 21.6. The highest BCUT2D eigenvalue weighted by molar-refractivity contribution is 7.22. The summed E-state index contributed by atoms with van der Waals surface area (Å²) in [5.41, 5.74) is 3.70. The van der Waals surface area contributed by atoms with Crippen molar-refractivity contribution in [2.75, 3.05) is 0 Å². The molecule has 0 aliphatic rings. The Hall–Kier alpha value is -1.53. The summed E-state index contributed by atoms with van der Waals surface area (Å²) in [6.07, 6.45) is 0. The second kappa shape index (κ2) is 6.89. The van der Waals surface area contributed by atoms with Crippen molar-refractivity contribution in [1.29, 1.82) is 0 Å². The molecule has 0 bridgehead atoms. The first-order valence-electron chi connectivity index (χ1n) is 8.08. The zero-order valence-electron chi connectivity index (χ0n) is 14.0. The number of nitrogens with zero attached hydrogens (tertiary/aromatic N) is 2. The van der Waals surface area contributed by atoms with Crippen molar-refractivity contribution in [3.8, 4) is 0 Å². The van der Waals surface area contributed by atoms with Crippen LogP contribution in [0.3, 0.4) is 0 Å². The maximum Gasteiger partial charge on any atom is 0.184 e. The van der Waals surface area contributed by atoms with Crippen LogP contribution in [-0.2, 0) is 4.79 Å². The molecule has 0 spiro atoms. The number of hydrogen-bond acceptors (Lipinski definition) is 5. The Morgan fingerprint density at radius 3 is 1.69 bits per heavy atom. The Bertz CT molecular complexity index is 1050. The maximum atomic E-state index is 13.0. The SMILES string of the molecule is CC(C(=O)C(C)c1ccc2nc(Cl)sc2c1)c1ccc2nc(Cl)sc2c1. The van der Waals surface area contributed by atoms with Crippen molar-refractivity contribution in [2.24, 2.45) is 0 Å². The minimum absolute atomic E-state index is 0.176. The fraction of sp³-hybridized carbons (Fsp3) is 0.211. The number of halogens is 2. The van der Waals surface area contributed by atoms with Gasteiger partial charge in [0, 0.05) is 11.8 Å². The summed E-state index contributed by atoms with van der Waals surface area (Å²) in [6, 6.07) is 11.8. The molecule has 0 aliphatic carbocycles. The minimum atomic E-state index is -0.212. The van der Waals surface area contributed by atoms with Crippen LogP contribution in [0.25, 0.3) is 20.4 Å². The lowest BCUT2D eigenvalue weighted by atomic mass is 9.86. The smallest absolute Gasteiger partial charge is 0.184 e. The summed E-state index contributed by atoms with van der Waals surface area (Å²) in [7, 11) is 0. The normalized spacial score (nSPS) is 14.0. The zero-order chi connectivity index (χ0) is 18.4. The van der Waals surface area contributed by atoms with Gasteiger partial charge in [0.25, 0.3) is 0 Å². The Balaban J connectivity index is 1.62. The molecule has 2 aromatic carbocycles. The number of Topliss-reactive ketones (excluding diaryl/α,β-unsaturated/α-hetero) is 1. The van der Waals surface area contributed by atoms with E-state index in [0.29, 0.717) is 8.93 Å². The lowest BCUT2D eigenvalue weighted by Gasteiger charge is -2.17. The van der Waals surface area contributed by atoms with Crippen molar-refractivity contribution in [2.45, 2.75) is 25.7 Å². The molecule has 26 heavy (non-hydrogen) atoms. The van der Waals surface area contributed by atoms with Gasteiger partial charge in [0.05, 0.1) is 20.4 Å². The van der Waals surface area contributed by atoms with Gasteiger partial charge in [-0.2, -0.15) is 0 Å². The van der Waals surface area contributed by atoms with E-state index in [9.17, 15) is 4.79 Å². The van der Waals surface area contributed by atoms with Gasteiger partial charge in [-0.3, -0.25) is 4.79 Å². The Labute approximate surface area is 168 Å². The number of carbonyl (C=O) groups excluding carboxylic acids is 1. The van der Waals surface area contributed by atoms with Crippen molar-refractivity contribution in [1.82, 2.24) is 9.97 Å². The molecular weight excluding hydrogens is 407 g/mol. The quantitative estimate of drug-likeness (QED) is 0.369. The van der Waals surface area contributed by atoms with Crippen LogP contribution in [-0.4, -0.2) is 15.8 Å². The molecule has 0 aliphatic heterocycles. The van der Waals surface area contributed by atoms with E-state index in [1.807, 2.05) is 50.2 Å². The molecule has 2 atom stereocenters. The number of thiazole rings is 2. The number of fused-ring (bicyclic) bond motifs is 2. The molecule has 0 saturated carbocycles. The fourth-order valence-electron chi connectivity index (χ4n) is 3.07. The van der Waals surface area contributed by atoms with E-state index < -0.39 is 0 Å². The predicted octanol–water partition coefficient (Wildman–Crippen LogP) is 6.69. The molecule has 132 valence electrons. The Morgan fingerprint density at radius 2 is 1.27 bits per heavy atom. The van der Waals surface area contributed by atoms with E-state index >= 15 is 0 Å². The molecule has 2 aromatic heterocycles. The van der Waals surface area contributed by atoms with Gasteiger partial charge >= 0.3 is 0 Å². The highest BCUT2D eigenvalue weighted by atomic mass is 35.5. The van der Waals surface area contributed by atoms with Gasteiger partial charge in [-0.05, 0) is 35.4 Å². The Morgan fingerprint density at radius 1 is 0.846 bits per heavy atom. The highest BCUT2D eigenvalue weighted by Gasteiger charge is 2.24. The molecule has 0 amide bonds. The molecular formula is C19H14Cl2N2OS2. The molecule has 7 heteroatoms. The van der Waals surface area contributed by atoms with Gasteiger partial charge in [-0.15, -0.1) is 22.7 Å². The van der Waals surface area contributed by atoms with Gasteiger partial charge in [0.15, 0.2) is 8.93 Å². The third-order valence-electron chi connectivity index (χ3n) is 4.63. The molecule has 0 fully saturated rings. The average Bonchev–Trinajstić information content (AvgIpc) is 3.18. The maximum absolute atomic E-state index is 13.0. The van der Waals surface area contributed by atoms with Gasteiger partial charge in [0.2, 0.25) is 0 Å². The van der Waals surface area contributed by atoms with Crippen LogP contribution >= 0.6 is 45.9 Å². The molecule has 3 nitrogen and oxygen atoms in total. The van der Waals surface area contributed by atoms with Crippen LogP contribution in [0.15, 0.2) is 36.4 Å². The summed E-state index contributed by atoms with van der Waals surface area (Å²) in [5.74, 6) is -0.248. The zero-order valence-corrected chi connectivity index (χ0v) is 17.1. The van der Waals surface area contributed by atoms with Crippen LogP contribution in [0.5, 0.6) is 0 Å². The molecule has 2 unspecified atom stereocenters. The van der Waals surface area contributed by atoms with Gasteiger partial charge in [-0.25, -0.2) is 9.97 Å². The second-order valence-electron chi connectivity index (χ2n) is 6.23. The van der Waals surface area contributed by atoms with Crippen LogP contribution in [0.2, 0.25) is 8.93 Å². The highest BCUT2D eigenvalue weighted by Crippen LogP contribution is 2.33. The van der Waals surface area contributed by atoms with Crippen molar-refractivity contribution < 1.29 is 4.79 Å². The summed E-state index contributed by atoms with van der Waals surface area (Å²) in [5, 5.41) is 0. The van der Waals surface area contributed by atoms with Crippen molar-refractivity contribution in [3.63, 3.8) is 0 Å². The number of aromatic nitrogens is 2. The molecule has 0 N–H and O–H groups in total. The second-order valence-corrected chi connectivity index (χ2v) is 9.46. The Kier molecular flexibility index (Phi) is 4.73. The largest absolute Gasteiger partial charge is 0.298 e. The molecule has 4 rings (SSSR count). The summed E-state index contributed by atoms with van der Waals surface area (Å²) in [6.45, 7) is 3.90.